The quantitative estimate of drug-likeness (QED) is 0.486. The second kappa shape index (κ2) is 11.4. The van der Waals surface area contributed by atoms with Crippen LogP contribution in [0.1, 0.15) is 40.2 Å². The first-order chi connectivity index (χ1) is 16.1. The molecule has 0 radical (unpaired) electrons. The highest BCUT2D eigenvalue weighted by molar-refractivity contribution is 7.88. The van der Waals surface area contributed by atoms with Crippen LogP contribution in [0, 0.1) is 19.8 Å². The molecule has 1 saturated heterocycles. The number of piperidine rings is 1. The number of ether oxygens (including phenoxy) is 2. The fraction of sp³-hybridized carbons (Fsp3) is 0.560. The van der Waals surface area contributed by atoms with Crippen LogP contribution in [0.3, 0.4) is 0 Å². The highest BCUT2D eigenvalue weighted by Gasteiger charge is 2.24. The van der Waals surface area contributed by atoms with Gasteiger partial charge in [0.25, 0.3) is 0 Å². The first kappa shape index (κ1) is 26.2. The summed E-state index contributed by atoms with van der Waals surface area (Å²) in [5.74, 6) is 1.76. The van der Waals surface area contributed by atoms with Crippen LogP contribution >= 0.6 is 0 Å². The van der Waals surface area contributed by atoms with Crippen LogP contribution in [-0.2, 0) is 23.0 Å². The molecule has 2 aromatic rings. The summed E-state index contributed by atoms with van der Waals surface area (Å²) in [6.07, 6.45) is 3.93. The number of carbonyl (C=O) groups is 1. The number of hydrogen-bond donors (Lipinski definition) is 1. The van der Waals surface area contributed by atoms with Crippen molar-refractivity contribution in [3.63, 3.8) is 0 Å². The van der Waals surface area contributed by atoms with Crippen molar-refractivity contribution in [2.45, 2.75) is 39.7 Å². The summed E-state index contributed by atoms with van der Waals surface area (Å²) in [5, 5.41) is 0. The second-order valence-corrected chi connectivity index (χ2v) is 11.0. The predicted molar refractivity (Wildman–Crippen MR) is 133 cm³/mol. The van der Waals surface area contributed by atoms with E-state index >= 15 is 0 Å². The first-order valence-corrected chi connectivity index (χ1v) is 13.6. The molecule has 1 aliphatic heterocycles. The van der Waals surface area contributed by atoms with E-state index in [1.165, 1.54) is 6.26 Å². The maximum Gasteiger partial charge on any atom is 0.208 e. The molecule has 9 heteroatoms. The normalized spacial score (nSPS) is 17.0. The number of Topliss-reactive ketones (excluding diaryl/α,β-unsaturated/α-hetero) is 1. The average Bonchev–Trinajstić information content (AvgIpc) is 3.09. The molecular formula is C25H37N3O5S. The van der Waals surface area contributed by atoms with Crippen molar-refractivity contribution in [3.05, 3.63) is 46.8 Å². The van der Waals surface area contributed by atoms with Crippen LogP contribution in [0.5, 0.6) is 11.5 Å². The fourth-order valence-electron chi connectivity index (χ4n) is 4.72. The Balaban J connectivity index is 1.62. The molecule has 1 aromatic heterocycles. The number of benzene rings is 1. The highest BCUT2D eigenvalue weighted by Crippen LogP contribution is 2.28. The molecule has 1 aromatic carbocycles. The van der Waals surface area contributed by atoms with Gasteiger partial charge in [-0.3, -0.25) is 9.69 Å². The van der Waals surface area contributed by atoms with Gasteiger partial charge in [-0.1, -0.05) is 6.07 Å². The minimum atomic E-state index is -3.20. The number of likely N-dealkylation sites (tertiary alicyclic amines) is 1. The summed E-state index contributed by atoms with van der Waals surface area (Å²) in [4.78, 5) is 15.3. The van der Waals surface area contributed by atoms with Crippen molar-refractivity contribution in [2.24, 2.45) is 5.92 Å². The molecule has 0 spiro atoms. The van der Waals surface area contributed by atoms with E-state index in [1.807, 2.05) is 38.1 Å². The molecule has 8 nitrogen and oxygen atoms in total. The Hall–Kier alpha value is -2.36. The van der Waals surface area contributed by atoms with Gasteiger partial charge >= 0.3 is 0 Å². The van der Waals surface area contributed by atoms with E-state index in [9.17, 15) is 13.2 Å². The third-order valence-corrected chi connectivity index (χ3v) is 7.24. The van der Waals surface area contributed by atoms with Gasteiger partial charge in [-0.15, -0.1) is 0 Å². The molecular weight excluding hydrogens is 454 g/mol. The molecule has 3 rings (SSSR count). The van der Waals surface area contributed by atoms with Crippen molar-refractivity contribution in [3.8, 4) is 11.5 Å². The lowest BCUT2D eigenvalue weighted by atomic mass is 9.98. The molecule has 1 atom stereocenters. The minimum absolute atomic E-state index is 0.113. The van der Waals surface area contributed by atoms with E-state index in [1.54, 1.807) is 14.2 Å². The summed E-state index contributed by atoms with van der Waals surface area (Å²) in [5.41, 5.74) is 3.95. The number of nitrogens with zero attached hydrogens (tertiary/aromatic N) is 2. The number of aryl methyl sites for hydroxylation is 2. The number of methoxy groups -OCH3 is 2. The monoisotopic (exact) mass is 491 g/mol. The maximum atomic E-state index is 13.2. The Labute approximate surface area is 203 Å². The van der Waals surface area contributed by atoms with Gasteiger partial charge in [-0.2, -0.15) is 0 Å². The molecule has 1 N–H and O–H groups in total. The molecule has 0 amide bonds. The third kappa shape index (κ3) is 6.84. The van der Waals surface area contributed by atoms with Gasteiger partial charge in [0.2, 0.25) is 10.0 Å². The van der Waals surface area contributed by atoms with Crippen molar-refractivity contribution in [1.82, 2.24) is 14.2 Å². The van der Waals surface area contributed by atoms with E-state index < -0.39 is 10.0 Å². The van der Waals surface area contributed by atoms with Crippen LogP contribution in [-0.4, -0.2) is 70.3 Å². The van der Waals surface area contributed by atoms with Gasteiger partial charge in [0.15, 0.2) is 17.3 Å². The number of hydrogen-bond acceptors (Lipinski definition) is 6. The summed E-state index contributed by atoms with van der Waals surface area (Å²) in [6.45, 7) is 7.18. The zero-order chi connectivity index (χ0) is 24.9. The Morgan fingerprint density at radius 2 is 1.88 bits per heavy atom. The number of nitrogens with one attached hydrogen (secondary N) is 1. The van der Waals surface area contributed by atoms with Gasteiger partial charge in [0.05, 0.1) is 27.0 Å². The van der Waals surface area contributed by atoms with Crippen molar-refractivity contribution >= 4 is 15.8 Å². The molecule has 1 fully saturated rings. The lowest BCUT2D eigenvalue weighted by Gasteiger charge is -2.32. The van der Waals surface area contributed by atoms with Gasteiger partial charge in [-0.05, 0) is 69.3 Å². The summed E-state index contributed by atoms with van der Waals surface area (Å²) < 4.78 is 38.3. The standard InChI is InChI=1S/C25H37N3O5S/c1-18-13-22(23(29)17-27-11-6-7-21(16-27)15-26-34(5,30)31)19(2)28(18)12-10-20-8-9-24(32-3)25(14-20)33-4/h8-9,13-14,21,26H,6-7,10-12,15-17H2,1-5H3. The number of carbonyl (C=O) groups excluding carboxylic acids is 1. The molecule has 0 saturated carbocycles. The molecule has 1 aliphatic rings. The average molecular weight is 492 g/mol. The Morgan fingerprint density at radius 3 is 2.56 bits per heavy atom. The van der Waals surface area contributed by atoms with Gasteiger partial charge in [0.1, 0.15) is 0 Å². The van der Waals surface area contributed by atoms with Crippen LogP contribution in [0.25, 0.3) is 0 Å². The lowest BCUT2D eigenvalue weighted by molar-refractivity contribution is 0.0887. The largest absolute Gasteiger partial charge is 0.493 e. The Bertz CT molecular complexity index is 1110. The molecule has 34 heavy (non-hydrogen) atoms. The number of ketones is 1. The van der Waals surface area contributed by atoms with Crippen LogP contribution in [0.4, 0.5) is 0 Å². The lowest BCUT2D eigenvalue weighted by Crippen LogP contribution is -2.42. The van der Waals surface area contributed by atoms with Crippen molar-refractivity contribution in [1.29, 1.82) is 0 Å². The molecule has 0 bridgehead atoms. The van der Waals surface area contributed by atoms with Crippen LogP contribution in [0.2, 0.25) is 0 Å². The SMILES string of the molecule is COc1ccc(CCn2c(C)cc(C(=O)CN3CCCC(CNS(C)(=O)=O)C3)c2C)cc1OC. The third-order valence-electron chi connectivity index (χ3n) is 6.55. The van der Waals surface area contributed by atoms with E-state index in [0.29, 0.717) is 24.6 Å². The fourth-order valence-corrected chi connectivity index (χ4v) is 5.26. The predicted octanol–water partition coefficient (Wildman–Crippen LogP) is 2.81. The van der Waals surface area contributed by atoms with Gasteiger partial charge in [0, 0.05) is 36.6 Å². The summed E-state index contributed by atoms with van der Waals surface area (Å²) >= 11 is 0. The topological polar surface area (TPSA) is 89.9 Å². The Kier molecular flexibility index (Phi) is 8.78. The molecule has 188 valence electrons. The highest BCUT2D eigenvalue weighted by atomic mass is 32.2. The molecule has 0 aliphatic carbocycles. The number of sulfonamides is 1. The maximum absolute atomic E-state index is 13.2. The second-order valence-electron chi connectivity index (χ2n) is 9.16. The number of aromatic nitrogens is 1. The first-order valence-electron chi connectivity index (χ1n) is 11.7. The van der Waals surface area contributed by atoms with Gasteiger partial charge in [-0.25, -0.2) is 13.1 Å². The smallest absolute Gasteiger partial charge is 0.208 e. The van der Waals surface area contributed by atoms with E-state index in [4.69, 9.17) is 9.47 Å². The van der Waals surface area contributed by atoms with Crippen LogP contribution in [0.15, 0.2) is 24.3 Å². The van der Waals surface area contributed by atoms with E-state index in [2.05, 4.69) is 14.2 Å². The zero-order valence-corrected chi connectivity index (χ0v) is 21.7. The summed E-state index contributed by atoms with van der Waals surface area (Å²) in [6, 6.07) is 7.92. The Morgan fingerprint density at radius 1 is 1.15 bits per heavy atom. The van der Waals surface area contributed by atoms with E-state index in [-0.39, 0.29) is 11.7 Å². The summed E-state index contributed by atoms with van der Waals surface area (Å²) in [7, 11) is 0.0563. The van der Waals surface area contributed by atoms with Crippen LogP contribution < -0.4 is 14.2 Å². The molecule has 1 unspecified atom stereocenters. The van der Waals surface area contributed by atoms with Gasteiger partial charge < -0.3 is 14.0 Å². The van der Waals surface area contributed by atoms with E-state index in [0.717, 1.165) is 61.4 Å². The molecule has 2 heterocycles. The van der Waals surface area contributed by atoms with Crippen molar-refractivity contribution in [2.75, 3.05) is 46.7 Å². The number of rotatable bonds is 11. The van der Waals surface area contributed by atoms with Crippen molar-refractivity contribution < 1.29 is 22.7 Å². The zero-order valence-electron chi connectivity index (χ0n) is 20.9. The minimum Gasteiger partial charge on any atom is -0.493 e.